The Balaban J connectivity index is 2.21. The SMILES string of the molecule is CCc1ccc([C@@H](C)NC(=O)CN(c2ccccc2F)S(=O)(=O)N(C)C)cc1. The molecule has 0 heterocycles. The standard InChI is InChI=1S/C20H26FN3O3S/c1-5-16-10-12-17(13-11-16)15(2)22-20(25)14-24(28(26,27)23(3)4)19-9-7-6-8-18(19)21/h6-13,15H,5,14H2,1-4H3,(H,22,25)/t15-/m1/s1. The molecule has 0 saturated carbocycles. The number of nitrogens with one attached hydrogen (secondary N) is 1. The average Bonchev–Trinajstić information content (AvgIpc) is 2.66. The number of benzene rings is 2. The van der Waals surface area contributed by atoms with Gasteiger partial charge in [0.2, 0.25) is 5.91 Å². The second-order valence-electron chi connectivity index (χ2n) is 6.63. The molecule has 0 aliphatic heterocycles. The third kappa shape index (κ3) is 5.08. The molecule has 0 aliphatic carbocycles. The predicted octanol–water partition coefficient (Wildman–Crippen LogP) is 2.88. The number of anilines is 1. The topological polar surface area (TPSA) is 69.7 Å². The average molecular weight is 408 g/mol. The molecule has 28 heavy (non-hydrogen) atoms. The molecule has 6 nitrogen and oxygen atoms in total. The lowest BCUT2D eigenvalue weighted by Gasteiger charge is -2.27. The van der Waals surface area contributed by atoms with Crippen molar-refractivity contribution in [2.75, 3.05) is 24.9 Å². The molecule has 0 spiro atoms. The van der Waals surface area contributed by atoms with Crippen LogP contribution < -0.4 is 9.62 Å². The maximum absolute atomic E-state index is 14.2. The van der Waals surface area contributed by atoms with E-state index >= 15 is 0 Å². The van der Waals surface area contributed by atoms with Gasteiger partial charge in [-0.3, -0.25) is 4.79 Å². The summed E-state index contributed by atoms with van der Waals surface area (Å²) in [6, 6.07) is 13.0. The van der Waals surface area contributed by atoms with Crippen LogP contribution in [0.2, 0.25) is 0 Å². The van der Waals surface area contributed by atoms with Crippen molar-refractivity contribution >= 4 is 21.8 Å². The maximum Gasteiger partial charge on any atom is 0.304 e. The quantitative estimate of drug-likeness (QED) is 0.732. The van der Waals surface area contributed by atoms with Crippen molar-refractivity contribution < 1.29 is 17.6 Å². The number of carbonyl (C=O) groups is 1. The van der Waals surface area contributed by atoms with Crippen LogP contribution in [0.4, 0.5) is 10.1 Å². The highest BCUT2D eigenvalue weighted by molar-refractivity contribution is 7.90. The lowest BCUT2D eigenvalue weighted by Crippen LogP contribution is -2.46. The minimum absolute atomic E-state index is 0.175. The van der Waals surface area contributed by atoms with Gasteiger partial charge >= 0.3 is 10.2 Å². The first-order valence-electron chi connectivity index (χ1n) is 8.99. The first-order chi connectivity index (χ1) is 13.2. The van der Waals surface area contributed by atoms with Gasteiger partial charge in [-0.2, -0.15) is 12.7 Å². The van der Waals surface area contributed by atoms with Gasteiger partial charge in [-0.25, -0.2) is 8.70 Å². The normalized spacial score (nSPS) is 12.6. The first-order valence-corrected chi connectivity index (χ1v) is 10.4. The van der Waals surface area contributed by atoms with Gasteiger partial charge in [-0.15, -0.1) is 0 Å². The zero-order valence-corrected chi connectivity index (χ0v) is 17.3. The molecule has 0 radical (unpaired) electrons. The van der Waals surface area contributed by atoms with Gasteiger partial charge in [-0.1, -0.05) is 43.3 Å². The summed E-state index contributed by atoms with van der Waals surface area (Å²) in [6.45, 7) is 3.34. The maximum atomic E-state index is 14.2. The van der Waals surface area contributed by atoms with Gasteiger partial charge < -0.3 is 5.32 Å². The zero-order valence-electron chi connectivity index (χ0n) is 16.5. The van der Waals surface area contributed by atoms with Crippen LogP contribution in [0.3, 0.4) is 0 Å². The molecule has 2 rings (SSSR count). The van der Waals surface area contributed by atoms with Gasteiger partial charge in [0.1, 0.15) is 12.4 Å². The van der Waals surface area contributed by atoms with Crippen LogP contribution in [0.25, 0.3) is 0 Å². The molecule has 0 aliphatic rings. The summed E-state index contributed by atoms with van der Waals surface area (Å²) in [7, 11) is -1.39. The van der Waals surface area contributed by atoms with E-state index in [2.05, 4.69) is 12.2 Å². The van der Waals surface area contributed by atoms with E-state index in [1.165, 1.54) is 37.9 Å². The highest BCUT2D eigenvalue weighted by Crippen LogP contribution is 2.23. The number of hydrogen-bond donors (Lipinski definition) is 1. The van der Waals surface area contributed by atoms with E-state index in [0.717, 1.165) is 26.7 Å². The Kier molecular flexibility index (Phi) is 7.15. The minimum Gasteiger partial charge on any atom is -0.348 e. The number of aryl methyl sites for hydroxylation is 1. The van der Waals surface area contributed by atoms with Gasteiger partial charge in [0, 0.05) is 14.1 Å². The number of halogens is 1. The van der Waals surface area contributed by atoms with Crippen molar-refractivity contribution in [3.8, 4) is 0 Å². The molecule has 0 fully saturated rings. The molecule has 2 aromatic carbocycles. The minimum atomic E-state index is -4.05. The van der Waals surface area contributed by atoms with Crippen molar-refractivity contribution in [3.63, 3.8) is 0 Å². The third-order valence-corrected chi connectivity index (χ3v) is 6.22. The number of carbonyl (C=O) groups excluding carboxylic acids is 1. The summed E-state index contributed by atoms with van der Waals surface area (Å²) in [5.74, 6) is -1.25. The highest BCUT2D eigenvalue weighted by Gasteiger charge is 2.29. The van der Waals surface area contributed by atoms with Crippen molar-refractivity contribution in [1.82, 2.24) is 9.62 Å². The molecule has 0 saturated heterocycles. The molecule has 0 aromatic heterocycles. The van der Waals surface area contributed by atoms with E-state index in [1.54, 1.807) is 0 Å². The fourth-order valence-electron chi connectivity index (χ4n) is 2.69. The summed E-state index contributed by atoms with van der Waals surface area (Å²) >= 11 is 0. The number of nitrogens with zero attached hydrogens (tertiary/aromatic N) is 2. The van der Waals surface area contributed by atoms with Crippen molar-refractivity contribution in [2.24, 2.45) is 0 Å². The highest BCUT2D eigenvalue weighted by atomic mass is 32.2. The van der Waals surface area contributed by atoms with E-state index in [0.29, 0.717) is 0 Å². The fourth-order valence-corrected chi connectivity index (χ4v) is 3.76. The Morgan fingerprint density at radius 2 is 1.71 bits per heavy atom. The summed E-state index contributed by atoms with van der Waals surface area (Å²) < 4.78 is 41.2. The molecule has 0 bridgehead atoms. The molecule has 1 N–H and O–H groups in total. The molecule has 152 valence electrons. The molecule has 1 atom stereocenters. The van der Waals surface area contributed by atoms with Crippen molar-refractivity contribution in [2.45, 2.75) is 26.3 Å². The van der Waals surface area contributed by atoms with Gasteiger partial charge in [-0.05, 0) is 36.6 Å². The number of amides is 1. The summed E-state index contributed by atoms with van der Waals surface area (Å²) in [4.78, 5) is 12.6. The number of para-hydroxylation sites is 1. The number of hydrogen-bond acceptors (Lipinski definition) is 3. The Morgan fingerprint density at radius 3 is 2.25 bits per heavy atom. The Labute approximate surface area is 166 Å². The smallest absolute Gasteiger partial charge is 0.304 e. The van der Waals surface area contributed by atoms with E-state index in [4.69, 9.17) is 0 Å². The van der Waals surface area contributed by atoms with Crippen LogP contribution in [0.5, 0.6) is 0 Å². The second kappa shape index (κ2) is 9.16. The Morgan fingerprint density at radius 1 is 1.11 bits per heavy atom. The summed E-state index contributed by atoms with van der Waals surface area (Å²) in [5.41, 5.74) is 1.91. The van der Waals surface area contributed by atoms with E-state index in [1.807, 2.05) is 31.2 Å². The van der Waals surface area contributed by atoms with E-state index < -0.39 is 28.5 Å². The molecular weight excluding hydrogens is 381 g/mol. The van der Waals surface area contributed by atoms with Gasteiger partial charge in [0.05, 0.1) is 11.7 Å². The zero-order chi connectivity index (χ0) is 20.9. The second-order valence-corrected chi connectivity index (χ2v) is 8.70. The third-order valence-electron chi connectivity index (χ3n) is 4.41. The van der Waals surface area contributed by atoms with Crippen LogP contribution in [-0.4, -0.2) is 39.3 Å². The monoisotopic (exact) mass is 407 g/mol. The van der Waals surface area contributed by atoms with Gasteiger partial charge in [0.25, 0.3) is 0 Å². The first kappa shape index (κ1) is 21.8. The van der Waals surface area contributed by atoms with Crippen molar-refractivity contribution in [1.29, 1.82) is 0 Å². The molecule has 8 heteroatoms. The van der Waals surface area contributed by atoms with Crippen LogP contribution in [-0.2, 0) is 21.4 Å². The summed E-state index contributed by atoms with van der Waals surface area (Å²) in [5, 5.41) is 2.78. The molecule has 0 unspecified atom stereocenters. The molecule has 2 aromatic rings. The van der Waals surface area contributed by atoms with Crippen LogP contribution in [0.15, 0.2) is 48.5 Å². The molecule has 1 amide bonds. The number of rotatable bonds is 8. The van der Waals surface area contributed by atoms with Crippen LogP contribution in [0.1, 0.15) is 31.0 Å². The van der Waals surface area contributed by atoms with Crippen LogP contribution >= 0.6 is 0 Å². The summed E-state index contributed by atoms with van der Waals surface area (Å²) in [6.07, 6.45) is 0.918. The Hall–Kier alpha value is -2.45. The van der Waals surface area contributed by atoms with E-state index in [9.17, 15) is 17.6 Å². The fraction of sp³-hybridized carbons (Fsp3) is 0.350. The van der Waals surface area contributed by atoms with Crippen molar-refractivity contribution in [3.05, 3.63) is 65.5 Å². The lowest BCUT2D eigenvalue weighted by atomic mass is 10.1. The van der Waals surface area contributed by atoms with Crippen LogP contribution in [0, 0.1) is 5.82 Å². The largest absolute Gasteiger partial charge is 0.348 e. The Bertz CT molecular complexity index is 915. The predicted molar refractivity (Wildman–Crippen MR) is 109 cm³/mol. The van der Waals surface area contributed by atoms with Gasteiger partial charge in [0.15, 0.2) is 0 Å². The molecular formula is C20H26FN3O3S. The lowest BCUT2D eigenvalue weighted by molar-refractivity contribution is -0.120. The van der Waals surface area contributed by atoms with E-state index in [-0.39, 0.29) is 11.7 Å².